The van der Waals surface area contributed by atoms with Gasteiger partial charge in [0.05, 0.1) is 0 Å². The van der Waals surface area contributed by atoms with Crippen molar-refractivity contribution >= 4 is 18.9 Å². The fraction of sp³-hybridized carbons (Fsp3) is 0.222. The Bertz CT molecular complexity index is 481. The van der Waals surface area contributed by atoms with Crippen molar-refractivity contribution in [1.29, 1.82) is 0 Å². The molecule has 0 aromatic heterocycles. The molecule has 0 aliphatic carbocycles. The van der Waals surface area contributed by atoms with Crippen LogP contribution in [0.5, 0.6) is 0 Å². The van der Waals surface area contributed by atoms with Gasteiger partial charge in [0.15, 0.2) is 5.69 Å². The Labute approximate surface area is 151 Å². The molecule has 1 aromatic rings. The third-order valence-corrected chi connectivity index (χ3v) is 2.21. The zero-order valence-corrected chi connectivity index (χ0v) is 13.5. The van der Waals surface area contributed by atoms with Gasteiger partial charge in [-0.2, -0.15) is 12.1 Å². The number of carbonyl (C=O) groups excluding carboxylic acids is 1. The largest absolute Gasteiger partial charge is 1.00 e. The molecule has 1 aliphatic rings. The number of nitro groups is 1. The molecule has 8 nitrogen and oxygen atoms in total. The molecule has 1 heterocycles. The van der Waals surface area contributed by atoms with Crippen molar-refractivity contribution in [3.8, 4) is 0 Å². The first-order chi connectivity index (χ1) is 8.34. The Morgan fingerprint density at radius 1 is 1.47 bits per heavy atom. The molecule has 0 atom stereocenters. The van der Waals surface area contributed by atoms with Crippen molar-refractivity contribution in [2.45, 2.75) is 6.54 Å². The predicted octanol–water partition coefficient (Wildman–Crippen LogP) is -4.07. The van der Waals surface area contributed by atoms with Crippen LogP contribution in [0.25, 0.3) is 0 Å². The monoisotopic (exact) mass is 292 g/mol. The maximum atomic E-state index is 11.5. The number of fused-ring (bicyclic) bond motifs is 1. The van der Waals surface area contributed by atoms with Crippen LogP contribution in [-0.2, 0) is 6.54 Å². The summed E-state index contributed by atoms with van der Waals surface area (Å²) in [7, 11) is -0.556. The molecule has 0 saturated heterocycles. The molecule has 1 aromatic carbocycles. The Balaban J connectivity index is 0.000000576. The van der Waals surface area contributed by atoms with E-state index in [1.54, 1.807) is 7.05 Å². The van der Waals surface area contributed by atoms with Crippen molar-refractivity contribution in [2.24, 2.45) is 0 Å². The molecule has 96 valence electrons. The first-order valence-corrected chi connectivity index (χ1v) is 4.82. The van der Waals surface area contributed by atoms with E-state index in [0.717, 1.165) is 0 Å². The molecule has 0 spiro atoms. The second-order valence-corrected chi connectivity index (χ2v) is 3.48. The van der Waals surface area contributed by atoms with Crippen LogP contribution < -0.4 is 51.4 Å². The van der Waals surface area contributed by atoms with Gasteiger partial charge in [-0.05, 0) is 0 Å². The summed E-state index contributed by atoms with van der Waals surface area (Å²) in [6.45, 7) is 0.399. The van der Waals surface area contributed by atoms with Crippen LogP contribution in [0.3, 0.4) is 0 Å². The van der Waals surface area contributed by atoms with Crippen molar-refractivity contribution in [3.63, 3.8) is 0 Å². The van der Waals surface area contributed by atoms with E-state index < -0.39 is 12.2 Å². The molecule has 19 heavy (non-hydrogen) atoms. The Morgan fingerprint density at radius 3 is 2.47 bits per heavy atom. The average Bonchev–Trinajstić information content (AvgIpc) is 2.54. The number of hydrogen-bond acceptors (Lipinski definition) is 6. The summed E-state index contributed by atoms with van der Waals surface area (Å²) in [5.41, 5.74) is 0.653. The van der Waals surface area contributed by atoms with E-state index >= 15 is 0 Å². The first kappa shape index (κ1) is 18.7. The predicted molar refractivity (Wildman–Crippen MR) is 60.1 cm³/mol. The van der Waals surface area contributed by atoms with E-state index in [4.69, 9.17) is 15.1 Å². The topological polar surface area (TPSA) is 124 Å². The van der Waals surface area contributed by atoms with Crippen molar-refractivity contribution in [1.82, 2.24) is 4.90 Å². The third kappa shape index (κ3) is 4.93. The Hall–Kier alpha value is -0.329. The van der Waals surface area contributed by atoms with Crippen molar-refractivity contribution in [3.05, 3.63) is 39.4 Å². The minimum Gasteiger partial charge on any atom is -0.402 e. The van der Waals surface area contributed by atoms with Crippen LogP contribution in [0, 0.1) is 16.2 Å². The molecule has 0 unspecified atom stereocenters. The van der Waals surface area contributed by atoms with Crippen LogP contribution in [0.2, 0.25) is 0 Å². The fourth-order valence-corrected chi connectivity index (χ4v) is 1.55. The van der Waals surface area contributed by atoms with E-state index in [0.29, 0.717) is 12.1 Å². The van der Waals surface area contributed by atoms with Gasteiger partial charge in [-0.25, -0.2) is 0 Å². The number of nitro benzene ring substituents is 1. The Kier molecular flexibility index (Phi) is 7.93. The number of benzene rings is 1. The van der Waals surface area contributed by atoms with Gasteiger partial charge in [-0.15, -0.1) is 5.56 Å². The van der Waals surface area contributed by atoms with Crippen LogP contribution in [-0.4, -0.2) is 45.2 Å². The van der Waals surface area contributed by atoms with Gasteiger partial charge in [0.1, 0.15) is 0 Å². The second kappa shape index (κ2) is 8.07. The van der Waals surface area contributed by atoms with E-state index in [-0.39, 0.29) is 68.5 Å². The molecular weight excluding hydrogens is 282 g/mol. The van der Waals surface area contributed by atoms with Gasteiger partial charge in [0.25, 0.3) is 0 Å². The number of nitrogens with zero attached hydrogens (tertiary/aromatic N) is 2. The third-order valence-electron chi connectivity index (χ3n) is 2.21. The van der Waals surface area contributed by atoms with Crippen molar-refractivity contribution < 1.29 is 76.2 Å². The van der Waals surface area contributed by atoms with E-state index in [9.17, 15) is 14.9 Å². The summed E-state index contributed by atoms with van der Waals surface area (Å²) < 4.78 is 0. The van der Waals surface area contributed by atoms with Crippen LogP contribution in [0.4, 0.5) is 5.69 Å². The molecule has 10 heteroatoms. The van der Waals surface area contributed by atoms with Gasteiger partial charge in [-0.1, -0.05) is 6.07 Å². The fourth-order valence-electron chi connectivity index (χ4n) is 1.55. The van der Waals surface area contributed by atoms with Gasteiger partial charge >= 0.3 is 58.7 Å². The van der Waals surface area contributed by atoms with Crippen LogP contribution in [0.1, 0.15) is 15.9 Å². The van der Waals surface area contributed by atoms with E-state index in [1.165, 1.54) is 17.0 Å². The van der Waals surface area contributed by atoms with Gasteiger partial charge < -0.3 is 20.0 Å². The van der Waals surface area contributed by atoms with Gasteiger partial charge in [0.2, 0.25) is 5.91 Å². The standard InChI is InChI=1S/C9H7N2O3.BH3O3.K/c1-10-5-6-3-2-4-7(11(13)14)8(6)9(10)12;2-1(3)4;/h2,4H,5H2,1H3;2-4H;/q-1;;+1. The first-order valence-electron chi connectivity index (χ1n) is 4.82. The number of rotatable bonds is 1. The molecule has 0 fully saturated rings. The van der Waals surface area contributed by atoms with Gasteiger partial charge in [-0.3, -0.25) is 14.9 Å². The summed E-state index contributed by atoms with van der Waals surface area (Å²) in [4.78, 5) is 23.1. The number of carbonyl (C=O) groups is 1. The van der Waals surface area contributed by atoms with Crippen LogP contribution >= 0.6 is 0 Å². The summed E-state index contributed by atoms with van der Waals surface area (Å²) in [6, 6.07) is 5.62. The molecular formula is C9H10BKN2O6. The zero-order chi connectivity index (χ0) is 13.9. The quantitative estimate of drug-likeness (QED) is 0.209. The number of hydrogen-bond donors (Lipinski definition) is 3. The smallest absolute Gasteiger partial charge is 0.402 e. The minimum absolute atomic E-state index is 0. The maximum Gasteiger partial charge on any atom is 1.00 e. The molecule has 3 N–H and O–H groups in total. The van der Waals surface area contributed by atoms with Crippen LogP contribution in [0.15, 0.2) is 12.1 Å². The Morgan fingerprint density at radius 2 is 2.00 bits per heavy atom. The molecule has 0 saturated carbocycles. The summed E-state index contributed by atoms with van der Waals surface area (Å²) in [6.07, 6.45) is 0. The van der Waals surface area contributed by atoms with Crippen molar-refractivity contribution in [2.75, 3.05) is 7.05 Å². The molecule has 1 amide bonds. The minimum atomic E-state index is -2.17. The maximum absolute atomic E-state index is 11.5. The molecule has 0 bridgehead atoms. The zero-order valence-electron chi connectivity index (χ0n) is 10.4. The molecule has 2 rings (SSSR count). The molecule has 0 radical (unpaired) electrons. The van der Waals surface area contributed by atoms with E-state index in [1.807, 2.05) is 0 Å². The van der Waals surface area contributed by atoms with Gasteiger partial charge in [0, 0.05) is 24.1 Å². The normalized spacial score (nSPS) is 12.0. The average molecular weight is 292 g/mol. The SMILES string of the molecule is CN1Cc2[c-]ccc([N+](=O)[O-])c2C1=O.OB(O)O.[K+]. The summed E-state index contributed by atoms with van der Waals surface area (Å²) in [5, 5.41) is 32.1. The second-order valence-electron chi connectivity index (χ2n) is 3.48. The number of amides is 1. The summed E-state index contributed by atoms with van der Waals surface area (Å²) in [5.74, 6) is -0.302. The van der Waals surface area contributed by atoms with E-state index in [2.05, 4.69) is 6.07 Å². The molecule has 1 aliphatic heterocycles. The summed E-state index contributed by atoms with van der Waals surface area (Å²) >= 11 is 0.